The van der Waals surface area contributed by atoms with E-state index < -0.39 is 0 Å². The Labute approximate surface area is 110 Å². The largest absolute Gasteiger partial charge is 0.356 e. The number of hydrogen-bond donors (Lipinski definition) is 2. The van der Waals surface area contributed by atoms with Gasteiger partial charge in [-0.25, -0.2) is 15.8 Å². The van der Waals surface area contributed by atoms with Crippen LogP contribution in [0.2, 0.25) is 0 Å². The summed E-state index contributed by atoms with van der Waals surface area (Å²) >= 11 is 0. The molecule has 0 saturated carbocycles. The SMILES string of the molecule is CCC(CC)CN(CC)c1ncnc(NN)c1C. The number of hydrogen-bond acceptors (Lipinski definition) is 5. The van der Waals surface area contributed by atoms with Crippen molar-refractivity contribution in [1.29, 1.82) is 0 Å². The quantitative estimate of drug-likeness (QED) is 0.575. The molecular weight excluding hydrogens is 226 g/mol. The molecule has 0 aromatic carbocycles. The van der Waals surface area contributed by atoms with Crippen molar-refractivity contribution in [3.63, 3.8) is 0 Å². The summed E-state index contributed by atoms with van der Waals surface area (Å²) < 4.78 is 0. The van der Waals surface area contributed by atoms with Gasteiger partial charge < -0.3 is 10.3 Å². The van der Waals surface area contributed by atoms with Crippen molar-refractivity contribution in [3.8, 4) is 0 Å². The first-order valence-electron chi connectivity index (χ1n) is 6.70. The highest BCUT2D eigenvalue weighted by Gasteiger charge is 2.15. The molecule has 0 unspecified atom stereocenters. The van der Waals surface area contributed by atoms with Crippen molar-refractivity contribution < 1.29 is 0 Å². The van der Waals surface area contributed by atoms with Crippen LogP contribution in [0.3, 0.4) is 0 Å². The number of rotatable bonds is 7. The van der Waals surface area contributed by atoms with E-state index in [-0.39, 0.29) is 0 Å². The number of nitrogen functional groups attached to an aromatic ring is 1. The Morgan fingerprint density at radius 2 is 1.94 bits per heavy atom. The van der Waals surface area contributed by atoms with Gasteiger partial charge in [0.2, 0.25) is 0 Å². The second-order valence-corrected chi connectivity index (χ2v) is 4.54. The maximum atomic E-state index is 5.46. The molecule has 0 radical (unpaired) electrons. The first-order valence-corrected chi connectivity index (χ1v) is 6.70. The normalized spacial score (nSPS) is 10.8. The van der Waals surface area contributed by atoms with Crippen molar-refractivity contribution in [2.75, 3.05) is 23.4 Å². The molecule has 1 rings (SSSR count). The van der Waals surface area contributed by atoms with Crippen LogP contribution in [0.5, 0.6) is 0 Å². The molecule has 0 aliphatic carbocycles. The van der Waals surface area contributed by atoms with Crippen molar-refractivity contribution in [1.82, 2.24) is 9.97 Å². The third-order valence-electron chi connectivity index (χ3n) is 3.51. The van der Waals surface area contributed by atoms with E-state index in [0.29, 0.717) is 11.7 Å². The highest BCUT2D eigenvalue weighted by Crippen LogP contribution is 2.23. The van der Waals surface area contributed by atoms with Crippen LogP contribution in [0.4, 0.5) is 11.6 Å². The highest BCUT2D eigenvalue weighted by atomic mass is 15.3. The highest BCUT2D eigenvalue weighted by molar-refractivity contribution is 5.57. The van der Waals surface area contributed by atoms with E-state index in [0.717, 1.165) is 24.5 Å². The van der Waals surface area contributed by atoms with Crippen LogP contribution in [-0.4, -0.2) is 23.1 Å². The van der Waals surface area contributed by atoms with Crippen LogP contribution in [0, 0.1) is 12.8 Å². The van der Waals surface area contributed by atoms with Crippen LogP contribution in [0.1, 0.15) is 39.2 Å². The standard InChI is InChI=1S/C13H25N5/c1-5-11(6-2)8-18(7-3)13-10(4)12(17-14)15-9-16-13/h9,11H,5-8,14H2,1-4H3,(H,15,16,17). The number of aromatic nitrogens is 2. The lowest BCUT2D eigenvalue weighted by atomic mass is 10.0. The van der Waals surface area contributed by atoms with Crippen molar-refractivity contribution in [2.45, 2.75) is 40.5 Å². The van der Waals surface area contributed by atoms with Gasteiger partial charge in [-0.05, 0) is 19.8 Å². The molecule has 3 N–H and O–H groups in total. The second-order valence-electron chi connectivity index (χ2n) is 4.54. The van der Waals surface area contributed by atoms with Gasteiger partial charge in [-0.15, -0.1) is 0 Å². The Balaban J connectivity index is 2.94. The Morgan fingerprint density at radius 1 is 1.28 bits per heavy atom. The smallest absolute Gasteiger partial charge is 0.148 e. The fourth-order valence-corrected chi connectivity index (χ4v) is 2.13. The number of nitrogens with one attached hydrogen (secondary N) is 1. The lowest BCUT2D eigenvalue weighted by Gasteiger charge is -2.27. The van der Waals surface area contributed by atoms with Crippen LogP contribution in [0.25, 0.3) is 0 Å². The van der Waals surface area contributed by atoms with Crippen molar-refractivity contribution in [3.05, 3.63) is 11.9 Å². The molecule has 5 nitrogen and oxygen atoms in total. The summed E-state index contributed by atoms with van der Waals surface area (Å²) in [6.45, 7) is 10.6. The molecule has 18 heavy (non-hydrogen) atoms. The molecule has 0 aliphatic heterocycles. The average Bonchev–Trinajstić information content (AvgIpc) is 2.41. The predicted molar refractivity (Wildman–Crippen MR) is 76.5 cm³/mol. The van der Waals surface area contributed by atoms with E-state index in [4.69, 9.17) is 5.84 Å². The van der Waals surface area contributed by atoms with E-state index in [9.17, 15) is 0 Å². The molecule has 1 aromatic rings. The van der Waals surface area contributed by atoms with Gasteiger partial charge in [-0.1, -0.05) is 26.7 Å². The summed E-state index contributed by atoms with van der Waals surface area (Å²) in [5.74, 6) is 7.83. The molecule has 0 saturated heterocycles. The van der Waals surface area contributed by atoms with Gasteiger partial charge in [-0.3, -0.25) is 0 Å². The topological polar surface area (TPSA) is 67.1 Å². The summed E-state index contributed by atoms with van der Waals surface area (Å²) in [4.78, 5) is 10.8. The molecule has 0 aliphatic rings. The molecule has 0 fully saturated rings. The lowest BCUT2D eigenvalue weighted by molar-refractivity contribution is 0.484. The van der Waals surface area contributed by atoms with Crippen molar-refractivity contribution >= 4 is 11.6 Å². The van der Waals surface area contributed by atoms with Crippen molar-refractivity contribution in [2.24, 2.45) is 11.8 Å². The number of anilines is 2. The van der Waals surface area contributed by atoms with Crippen LogP contribution >= 0.6 is 0 Å². The Morgan fingerprint density at radius 3 is 2.44 bits per heavy atom. The summed E-state index contributed by atoms with van der Waals surface area (Å²) in [5.41, 5.74) is 3.63. The first kappa shape index (κ1) is 14.7. The molecule has 1 heterocycles. The summed E-state index contributed by atoms with van der Waals surface area (Å²) in [6.07, 6.45) is 3.95. The third-order valence-corrected chi connectivity index (χ3v) is 3.51. The monoisotopic (exact) mass is 251 g/mol. The van der Waals surface area contributed by atoms with Crippen LogP contribution in [0.15, 0.2) is 6.33 Å². The number of hydrazine groups is 1. The van der Waals surface area contributed by atoms with E-state index in [1.54, 1.807) is 6.33 Å². The van der Waals surface area contributed by atoms with Gasteiger partial charge in [0.15, 0.2) is 0 Å². The Kier molecular flexibility index (Phi) is 5.85. The minimum Gasteiger partial charge on any atom is -0.356 e. The van der Waals surface area contributed by atoms with Crippen LogP contribution in [-0.2, 0) is 0 Å². The minimum atomic E-state index is 0.697. The zero-order valence-electron chi connectivity index (χ0n) is 11.9. The van der Waals surface area contributed by atoms with E-state index in [1.165, 1.54) is 12.8 Å². The van der Waals surface area contributed by atoms with Gasteiger partial charge in [0.05, 0.1) is 0 Å². The van der Waals surface area contributed by atoms with Gasteiger partial charge in [0, 0.05) is 18.7 Å². The van der Waals surface area contributed by atoms with Gasteiger partial charge in [-0.2, -0.15) is 0 Å². The van der Waals surface area contributed by atoms with E-state index in [1.807, 2.05) is 6.92 Å². The molecule has 0 spiro atoms. The Hall–Kier alpha value is -1.36. The fraction of sp³-hybridized carbons (Fsp3) is 0.692. The van der Waals surface area contributed by atoms with Crippen LogP contribution < -0.4 is 16.2 Å². The second kappa shape index (κ2) is 7.16. The third kappa shape index (κ3) is 3.32. The molecular formula is C13H25N5. The average molecular weight is 251 g/mol. The predicted octanol–water partition coefficient (Wildman–Crippen LogP) is 2.33. The first-order chi connectivity index (χ1) is 8.67. The molecule has 102 valence electrons. The molecule has 5 heteroatoms. The summed E-state index contributed by atoms with van der Waals surface area (Å²) in [7, 11) is 0. The van der Waals surface area contributed by atoms with Gasteiger partial charge in [0.1, 0.15) is 18.0 Å². The molecule has 0 amide bonds. The zero-order chi connectivity index (χ0) is 13.5. The maximum absolute atomic E-state index is 5.46. The number of nitrogens with zero attached hydrogens (tertiary/aromatic N) is 3. The Bertz CT molecular complexity index is 362. The van der Waals surface area contributed by atoms with E-state index >= 15 is 0 Å². The lowest BCUT2D eigenvalue weighted by Crippen LogP contribution is -2.30. The maximum Gasteiger partial charge on any atom is 0.148 e. The van der Waals surface area contributed by atoms with Gasteiger partial charge >= 0.3 is 0 Å². The fourth-order valence-electron chi connectivity index (χ4n) is 2.13. The van der Waals surface area contributed by atoms with Gasteiger partial charge in [0.25, 0.3) is 0 Å². The zero-order valence-corrected chi connectivity index (χ0v) is 11.9. The number of nitrogens with two attached hydrogens (primary N) is 1. The van der Waals surface area contributed by atoms with E-state index in [2.05, 4.69) is 41.1 Å². The molecule has 0 bridgehead atoms. The minimum absolute atomic E-state index is 0.697. The molecule has 1 aromatic heterocycles. The summed E-state index contributed by atoms with van der Waals surface area (Å²) in [5, 5.41) is 0. The summed E-state index contributed by atoms with van der Waals surface area (Å²) in [6, 6.07) is 0. The molecule has 0 atom stereocenters.